The number of hydrogen-bond acceptors (Lipinski definition) is 2. The van der Waals surface area contributed by atoms with E-state index >= 15 is 0 Å². The molecule has 19 heavy (non-hydrogen) atoms. The zero-order valence-corrected chi connectivity index (χ0v) is 12.9. The summed E-state index contributed by atoms with van der Waals surface area (Å²) < 4.78 is 3.86. The summed E-state index contributed by atoms with van der Waals surface area (Å²) in [6.45, 7) is 3.85. The first-order valence-corrected chi connectivity index (χ1v) is 7.37. The third-order valence-corrected chi connectivity index (χ3v) is 4.22. The van der Waals surface area contributed by atoms with Crippen LogP contribution < -0.4 is 0 Å². The predicted octanol–water partition coefficient (Wildman–Crippen LogP) is 3.69. The van der Waals surface area contributed by atoms with E-state index in [2.05, 4.69) is 30.4 Å². The van der Waals surface area contributed by atoms with E-state index in [0.717, 1.165) is 28.5 Å². The summed E-state index contributed by atoms with van der Waals surface area (Å²) in [6, 6.07) is 5.93. The van der Waals surface area contributed by atoms with Gasteiger partial charge in [-0.3, -0.25) is 0 Å². The standard InChI is InChI=1S/C13H12BrClN4/c1-8-12(15)9(2)19(17-8)13-10(7-14)18-6-4-3-5-11(18)16-13/h3-6H,7H2,1-2H3. The lowest BCUT2D eigenvalue weighted by atomic mass is 10.4. The van der Waals surface area contributed by atoms with Gasteiger partial charge in [-0.05, 0) is 26.0 Å². The fourth-order valence-corrected chi connectivity index (χ4v) is 2.80. The van der Waals surface area contributed by atoms with Crippen molar-refractivity contribution < 1.29 is 0 Å². The molecule has 0 atom stereocenters. The monoisotopic (exact) mass is 338 g/mol. The Morgan fingerprint density at radius 3 is 2.74 bits per heavy atom. The first kappa shape index (κ1) is 12.7. The largest absolute Gasteiger partial charge is 0.301 e. The van der Waals surface area contributed by atoms with Gasteiger partial charge in [0.05, 0.1) is 22.1 Å². The Labute approximate surface area is 124 Å². The summed E-state index contributed by atoms with van der Waals surface area (Å²) in [5.41, 5.74) is 3.68. The summed E-state index contributed by atoms with van der Waals surface area (Å²) in [7, 11) is 0. The number of imidazole rings is 1. The maximum atomic E-state index is 6.21. The Morgan fingerprint density at radius 2 is 2.11 bits per heavy atom. The van der Waals surface area contributed by atoms with Crippen molar-refractivity contribution in [2.45, 2.75) is 19.2 Å². The summed E-state index contributed by atoms with van der Waals surface area (Å²) >= 11 is 9.73. The molecule has 0 spiro atoms. The molecule has 0 aromatic carbocycles. The van der Waals surface area contributed by atoms with E-state index in [0.29, 0.717) is 10.4 Å². The molecule has 0 amide bonds. The molecular weight excluding hydrogens is 328 g/mol. The molecule has 0 fully saturated rings. The molecule has 3 aromatic rings. The van der Waals surface area contributed by atoms with Gasteiger partial charge in [-0.1, -0.05) is 33.6 Å². The molecule has 3 rings (SSSR count). The van der Waals surface area contributed by atoms with E-state index in [1.54, 1.807) is 4.68 Å². The van der Waals surface area contributed by atoms with Crippen LogP contribution in [-0.4, -0.2) is 19.2 Å². The number of pyridine rings is 1. The predicted molar refractivity (Wildman–Crippen MR) is 79.4 cm³/mol. The van der Waals surface area contributed by atoms with Crippen LogP contribution in [-0.2, 0) is 5.33 Å². The van der Waals surface area contributed by atoms with E-state index in [1.807, 2.05) is 38.2 Å². The van der Waals surface area contributed by atoms with Crippen LogP contribution in [0.1, 0.15) is 17.1 Å². The topological polar surface area (TPSA) is 35.1 Å². The zero-order chi connectivity index (χ0) is 13.6. The number of fused-ring (bicyclic) bond motifs is 1. The van der Waals surface area contributed by atoms with Crippen LogP contribution in [0.2, 0.25) is 5.02 Å². The van der Waals surface area contributed by atoms with Gasteiger partial charge in [0.15, 0.2) is 5.82 Å². The van der Waals surface area contributed by atoms with Gasteiger partial charge in [-0.2, -0.15) is 5.10 Å². The molecular formula is C13H12BrClN4. The second-order valence-electron chi connectivity index (χ2n) is 4.34. The maximum Gasteiger partial charge on any atom is 0.176 e. The number of aromatic nitrogens is 4. The molecule has 0 saturated heterocycles. The quantitative estimate of drug-likeness (QED) is 0.668. The first-order chi connectivity index (χ1) is 9.13. The molecule has 3 aromatic heterocycles. The molecule has 0 saturated carbocycles. The van der Waals surface area contributed by atoms with Crippen molar-refractivity contribution in [3.05, 3.63) is 46.5 Å². The number of nitrogens with zero attached hydrogens (tertiary/aromatic N) is 4. The van der Waals surface area contributed by atoms with Crippen molar-refractivity contribution in [2.24, 2.45) is 0 Å². The maximum absolute atomic E-state index is 6.21. The minimum atomic E-state index is 0.692. The van der Waals surface area contributed by atoms with E-state index in [1.165, 1.54) is 0 Å². The van der Waals surface area contributed by atoms with Gasteiger partial charge in [-0.15, -0.1) is 0 Å². The van der Waals surface area contributed by atoms with Crippen LogP contribution in [0.5, 0.6) is 0 Å². The van der Waals surface area contributed by atoms with E-state index in [4.69, 9.17) is 11.6 Å². The second-order valence-corrected chi connectivity index (χ2v) is 5.28. The van der Waals surface area contributed by atoms with Crippen molar-refractivity contribution >= 4 is 33.2 Å². The van der Waals surface area contributed by atoms with Gasteiger partial charge < -0.3 is 4.40 Å². The normalized spacial score (nSPS) is 11.4. The fraction of sp³-hybridized carbons (Fsp3) is 0.231. The highest BCUT2D eigenvalue weighted by molar-refractivity contribution is 9.08. The van der Waals surface area contributed by atoms with Gasteiger partial charge in [0.2, 0.25) is 0 Å². The number of alkyl halides is 1. The van der Waals surface area contributed by atoms with Crippen LogP contribution in [0, 0.1) is 13.8 Å². The van der Waals surface area contributed by atoms with E-state index < -0.39 is 0 Å². The van der Waals surface area contributed by atoms with Crippen LogP contribution in [0.25, 0.3) is 11.5 Å². The fourth-order valence-electron chi connectivity index (χ4n) is 2.16. The summed E-state index contributed by atoms with van der Waals surface area (Å²) in [5.74, 6) is 0.815. The molecule has 98 valence electrons. The average molecular weight is 340 g/mol. The summed E-state index contributed by atoms with van der Waals surface area (Å²) in [6.07, 6.45) is 2.00. The zero-order valence-electron chi connectivity index (χ0n) is 10.6. The highest BCUT2D eigenvalue weighted by Crippen LogP contribution is 2.25. The lowest BCUT2D eigenvalue weighted by molar-refractivity contribution is 0.804. The molecule has 0 unspecified atom stereocenters. The van der Waals surface area contributed by atoms with Crippen molar-refractivity contribution in [1.29, 1.82) is 0 Å². The first-order valence-electron chi connectivity index (χ1n) is 5.87. The highest BCUT2D eigenvalue weighted by atomic mass is 79.9. The van der Waals surface area contributed by atoms with Crippen LogP contribution in [0.4, 0.5) is 0 Å². The van der Waals surface area contributed by atoms with Crippen molar-refractivity contribution in [3.8, 4) is 5.82 Å². The van der Waals surface area contributed by atoms with E-state index in [-0.39, 0.29) is 0 Å². The molecule has 3 heterocycles. The lowest BCUT2D eigenvalue weighted by Crippen LogP contribution is -2.03. The minimum absolute atomic E-state index is 0.692. The Balaban J connectivity index is 2.33. The van der Waals surface area contributed by atoms with Gasteiger partial charge >= 0.3 is 0 Å². The molecule has 0 aliphatic heterocycles. The SMILES string of the molecule is Cc1nn(-c2nc3ccccn3c2CBr)c(C)c1Cl. The number of rotatable bonds is 2. The van der Waals surface area contributed by atoms with Crippen LogP contribution in [0.15, 0.2) is 24.4 Å². The minimum Gasteiger partial charge on any atom is -0.301 e. The molecule has 0 N–H and O–H groups in total. The van der Waals surface area contributed by atoms with Crippen molar-refractivity contribution in [3.63, 3.8) is 0 Å². The number of aryl methyl sites for hydroxylation is 1. The lowest BCUT2D eigenvalue weighted by Gasteiger charge is -2.03. The van der Waals surface area contributed by atoms with Crippen LogP contribution in [0.3, 0.4) is 0 Å². The molecule has 0 aliphatic rings. The molecule has 4 nitrogen and oxygen atoms in total. The Kier molecular flexibility index (Phi) is 3.11. The van der Waals surface area contributed by atoms with Crippen molar-refractivity contribution in [2.75, 3.05) is 0 Å². The van der Waals surface area contributed by atoms with Gasteiger partial charge in [0, 0.05) is 11.5 Å². The van der Waals surface area contributed by atoms with Crippen LogP contribution >= 0.6 is 27.5 Å². The van der Waals surface area contributed by atoms with Gasteiger partial charge in [-0.25, -0.2) is 9.67 Å². The number of halogens is 2. The average Bonchev–Trinajstić information content (AvgIpc) is 2.91. The Morgan fingerprint density at radius 1 is 1.32 bits per heavy atom. The Bertz CT molecular complexity index is 759. The molecule has 0 aliphatic carbocycles. The molecule has 0 radical (unpaired) electrons. The summed E-state index contributed by atoms with van der Waals surface area (Å²) in [5, 5.41) is 5.86. The smallest absolute Gasteiger partial charge is 0.176 e. The Hall–Kier alpha value is -1.33. The van der Waals surface area contributed by atoms with Crippen molar-refractivity contribution in [1.82, 2.24) is 19.2 Å². The van der Waals surface area contributed by atoms with E-state index in [9.17, 15) is 0 Å². The van der Waals surface area contributed by atoms with Gasteiger partial charge in [0.25, 0.3) is 0 Å². The number of hydrogen-bond donors (Lipinski definition) is 0. The second kappa shape index (κ2) is 4.65. The van der Waals surface area contributed by atoms with Gasteiger partial charge in [0.1, 0.15) is 5.65 Å². The third-order valence-electron chi connectivity index (χ3n) is 3.14. The molecule has 6 heteroatoms. The third kappa shape index (κ3) is 1.88. The highest BCUT2D eigenvalue weighted by Gasteiger charge is 2.17. The molecule has 0 bridgehead atoms. The summed E-state index contributed by atoms with van der Waals surface area (Å²) in [4.78, 5) is 4.64.